The zero-order valence-electron chi connectivity index (χ0n) is 8.03. The molecule has 0 radical (unpaired) electrons. The fourth-order valence-electron chi connectivity index (χ4n) is 0.834. The first kappa shape index (κ1) is 12.6. The molecule has 0 aliphatic carbocycles. The Hall–Kier alpha value is -0.445. The molecular formula is C8H15BF3O-. The van der Waals surface area contributed by atoms with E-state index in [1.807, 2.05) is 6.92 Å². The molecule has 78 valence electrons. The number of hydrogen-bond donors (Lipinski definition) is 0. The lowest BCUT2D eigenvalue weighted by Crippen LogP contribution is -2.24. The molecule has 0 N–H and O–H groups in total. The minimum absolute atomic E-state index is 0.125. The molecule has 0 rings (SSSR count). The van der Waals surface area contributed by atoms with E-state index < -0.39 is 19.1 Å². The number of rotatable bonds is 6. The minimum atomic E-state index is -4.93. The molecule has 0 amide bonds. The van der Waals surface area contributed by atoms with Crippen molar-refractivity contribution in [2.24, 2.45) is 0 Å². The van der Waals surface area contributed by atoms with Crippen molar-refractivity contribution < 1.29 is 17.7 Å². The standard InChI is InChI=1S/C8H15BF3O/c1-4-5-8(3)13-6-7(2)9(10,11)12/h8H,2,4-6H2,1,3H3/q-1. The maximum absolute atomic E-state index is 12.0. The smallest absolute Gasteiger partial charge is 0.445 e. The van der Waals surface area contributed by atoms with Crippen LogP contribution in [0, 0.1) is 0 Å². The first-order chi connectivity index (χ1) is 5.88. The molecule has 0 aromatic carbocycles. The van der Waals surface area contributed by atoms with Gasteiger partial charge in [0.05, 0.1) is 6.10 Å². The van der Waals surface area contributed by atoms with Gasteiger partial charge in [-0.25, -0.2) is 0 Å². The molecule has 0 heterocycles. The Balaban J connectivity index is 3.71. The summed E-state index contributed by atoms with van der Waals surface area (Å²) in [7, 11) is 0. The molecule has 1 nitrogen and oxygen atoms in total. The van der Waals surface area contributed by atoms with E-state index in [2.05, 4.69) is 6.58 Å². The lowest BCUT2D eigenvalue weighted by Gasteiger charge is -2.20. The lowest BCUT2D eigenvalue weighted by molar-refractivity contribution is 0.0776. The number of hydrogen-bond acceptors (Lipinski definition) is 1. The molecule has 1 unspecified atom stereocenters. The molecule has 0 aliphatic rings. The fraction of sp³-hybridized carbons (Fsp3) is 0.750. The highest BCUT2D eigenvalue weighted by Gasteiger charge is 2.26. The molecule has 1 atom stereocenters. The highest BCUT2D eigenvalue weighted by atomic mass is 19.4. The van der Waals surface area contributed by atoms with Gasteiger partial charge in [-0.1, -0.05) is 13.3 Å². The van der Waals surface area contributed by atoms with E-state index in [1.165, 1.54) is 0 Å². The second kappa shape index (κ2) is 5.32. The van der Waals surface area contributed by atoms with Crippen molar-refractivity contribution in [3.63, 3.8) is 0 Å². The Bertz CT molecular complexity index is 167. The van der Waals surface area contributed by atoms with E-state index in [-0.39, 0.29) is 6.10 Å². The summed E-state index contributed by atoms with van der Waals surface area (Å²) in [5.74, 6) is 0. The summed E-state index contributed by atoms with van der Waals surface area (Å²) >= 11 is 0. The Labute approximate surface area is 77.0 Å². The number of halogens is 3. The summed E-state index contributed by atoms with van der Waals surface area (Å²) in [5.41, 5.74) is -0.761. The van der Waals surface area contributed by atoms with Gasteiger partial charge in [-0.05, 0) is 13.3 Å². The monoisotopic (exact) mass is 195 g/mol. The van der Waals surface area contributed by atoms with Gasteiger partial charge in [0.2, 0.25) is 0 Å². The Morgan fingerprint density at radius 2 is 2.00 bits per heavy atom. The van der Waals surface area contributed by atoms with Crippen LogP contribution in [0.4, 0.5) is 12.9 Å². The average molecular weight is 195 g/mol. The van der Waals surface area contributed by atoms with Crippen LogP contribution in [0.3, 0.4) is 0 Å². The summed E-state index contributed by atoms with van der Waals surface area (Å²) in [4.78, 5) is 0. The molecule has 0 aliphatic heterocycles. The molecule has 0 fully saturated rings. The van der Waals surface area contributed by atoms with E-state index in [0.29, 0.717) is 0 Å². The second-order valence-electron chi connectivity index (χ2n) is 3.14. The van der Waals surface area contributed by atoms with Gasteiger partial charge < -0.3 is 17.7 Å². The third-order valence-electron chi connectivity index (χ3n) is 1.71. The van der Waals surface area contributed by atoms with Crippen molar-refractivity contribution in [2.75, 3.05) is 6.61 Å². The van der Waals surface area contributed by atoms with Crippen molar-refractivity contribution in [1.82, 2.24) is 0 Å². The zero-order valence-corrected chi connectivity index (χ0v) is 8.03. The highest BCUT2D eigenvalue weighted by Crippen LogP contribution is 2.18. The topological polar surface area (TPSA) is 9.23 Å². The third kappa shape index (κ3) is 5.74. The Morgan fingerprint density at radius 1 is 1.46 bits per heavy atom. The average Bonchev–Trinajstić information content (AvgIpc) is 1.99. The highest BCUT2D eigenvalue weighted by molar-refractivity contribution is 6.66. The van der Waals surface area contributed by atoms with E-state index in [4.69, 9.17) is 4.74 Å². The normalized spacial score (nSPS) is 14.2. The van der Waals surface area contributed by atoms with Crippen molar-refractivity contribution in [1.29, 1.82) is 0 Å². The Kier molecular flexibility index (Phi) is 5.14. The van der Waals surface area contributed by atoms with Crippen LogP contribution in [0.2, 0.25) is 0 Å². The molecule has 13 heavy (non-hydrogen) atoms. The van der Waals surface area contributed by atoms with Crippen LogP contribution < -0.4 is 0 Å². The minimum Gasteiger partial charge on any atom is -0.445 e. The van der Waals surface area contributed by atoms with Gasteiger partial charge in [-0.3, -0.25) is 0 Å². The molecule has 0 spiro atoms. The quantitative estimate of drug-likeness (QED) is 0.591. The van der Waals surface area contributed by atoms with E-state index in [1.54, 1.807) is 6.92 Å². The van der Waals surface area contributed by atoms with Gasteiger partial charge >= 0.3 is 6.98 Å². The SMILES string of the molecule is C=C(COC(C)CCC)[B-](F)(F)F. The first-order valence-corrected chi connectivity index (χ1v) is 4.37. The van der Waals surface area contributed by atoms with Crippen LogP contribution in [-0.4, -0.2) is 19.7 Å². The van der Waals surface area contributed by atoms with E-state index in [0.717, 1.165) is 12.8 Å². The van der Waals surface area contributed by atoms with Crippen molar-refractivity contribution in [3.05, 3.63) is 12.1 Å². The summed E-state index contributed by atoms with van der Waals surface area (Å²) in [6.07, 6.45) is 1.56. The first-order valence-electron chi connectivity index (χ1n) is 4.37. The summed E-state index contributed by atoms with van der Waals surface area (Å²) in [5, 5.41) is 0. The van der Waals surface area contributed by atoms with Gasteiger partial charge in [0.1, 0.15) is 0 Å². The molecule has 0 aromatic rings. The predicted octanol–water partition coefficient (Wildman–Crippen LogP) is 3.13. The van der Waals surface area contributed by atoms with Gasteiger partial charge in [-0.15, -0.1) is 12.1 Å². The molecule has 5 heteroatoms. The maximum atomic E-state index is 12.0. The molecule has 0 bridgehead atoms. The molecule has 0 saturated heterocycles. The van der Waals surface area contributed by atoms with Gasteiger partial charge in [0.25, 0.3) is 0 Å². The fourth-order valence-corrected chi connectivity index (χ4v) is 0.834. The van der Waals surface area contributed by atoms with Crippen molar-refractivity contribution in [2.45, 2.75) is 32.8 Å². The van der Waals surface area contributed by atoms with E-state index >= 15 is 0 Å². The van der Waals surface area contributed by atoms with Crippen LogP contribution in [-0.2, 0) is 4.74 Å². The molecule has 0 saturated carbocycles. The van der Waals surface area contributed by atoms with Crippen LogP contribution in [0.25, 0.3) is 0 Å². The van der Waals surface area contributed by atoms with Gasteiger partial charge in [0, 0.05) is 6.61 Å². The summed E-state index contributed by atoms with van der Waals surface area (Å²) in [6, 6.07) is 0. The van der Waals surface area contributed by atoms with Crippen molar-refractivity contribution in [3.8, 4) is 0 Å². The van der Waals surface area contributed by atoms with Gasteiger partial charge in [0.15, 0.2) is 0 Å². The van der Waals surface area contributed by atoms with Crippen LogP contribution in [0.1, 0.15) is 26.7 Å². The van der Waals surface area contributed by atoms with Crippen LogP contribution in [0.5, 0.6) is 0 Å². The van der Waals surface area contributed by atoms with E-state index in [9.17, 15) is 12.9 Å². The van der Waals surface area contributed by atoms with Crippen molar-refractivity contribution >= 4 is 6.98 Å². The largest absolute Gasteiger partial charge is 0.507 e. The van der Waals surface area contributed by atoms with Gasteiger partial charge in [-0.2, -0.15) is 0 Å². The summed E-state index contributed by atoms with van der Waals surface area (Å²) in [6.45, 7) is 1.33. The molecular weight excluding hydrogens is 180 g/mol. The second-order valence-corrected chi connectivity index (χ2v) is 3.14. The molecule has 0 aromatic heterocycles. The number of ether oxygens (including phenoxy) is 1. The van der Waals surface area contributed by atoms with Crippen LogP contribution in [0.15, 0.2) is 12.1 Å². The van der Waals surface area contributed by atoms with Crippen LogP contribution >= 0.6 is 0 Å². The Morgan fingerprint density at radius 3 is 2.38 bits per heavy atom. The zero-order chi connectivity index (χ0) is 10.5. The summed E-state index contributed by atoms with van der Waals surface area (Å²) < 4.78 is 40.9. The lowest BCUT2D eigenvalue weighted by atomic mass is 9.81. The predicted molar refractivity (Wildman–Crippen MR) is 48.5 cm³/mol. The third-order valence-corrected chi connectivity index (χ3v) is 1.71. The maximum Gasteiger partial charge on any atom is 0.507 e.